The molecule has 1 heterocycles. The summed E-state index contributed by atoms with van der Waals surface area (Å²) in [5.74, 6) is 0. The van der Waals surface area contributed by atoms with E-state index in [0.29, 0.717) is 19.8 Å². The molecular formula is C23H33N3O2. The van der Waals surface area contributed by atoms with E-state index in [1.165, 1.54) is 5.56 Å². The van der Waals surface area contributed by atoms with Crippen LogP contribution in [0.2, 0.25) is 0 Å². The first kappa shape index (κ1) is 21.0. The Morgan fingerprint density at radius 3 is 2.14 bits per heavy atom. The van der Waals surface area contributed by atoms with Gasteiger partial charge in [-0.2, -0.15) is 0 Å². The molecule has 0 amide bonds. The standard InChI is InChI=1S/C23H33N3O2/c27-23(20-28-19-22-9-5-2-6-10-22)17-24-11-12-25-13-15-26(16-14-25)18-21-7-3-1-4-8-21/h1-10,23-24,27H,11-20H2/t23-/m0/s1. The van der Waals surface area contributed by atoms with Crippen molar-refractivity contribution in [1.29, 1.82) is 0 Å². The highest BCUT2D eigenvalue weighted by molar-refractivity contribution is 5.14. The zero-order valence-electron chi connectivity index (χ0n) is 16.7. The minimum Gasteiger partial charge on any atom is -0.389 e. The summed E-state index contributed by atoms with van der Waals surface area (Å²) in [5, 5.41) is 13.4. The van der Waals surface area contributed by atoms with Gasteiger partial charge in [0.25, 0.3) is 0 Å². The zero-order valence-corrected chi connectivity index (χ0v) is 16.7. The first-order valence-electron chi connectivity index (χ1n) is 10.3. The molecule has 2 aromatic rings. The highest BCUT2D eigenvalue weighted by Crippen LogP contribution is 2.08. The van der Waals surface area contributed by atoms with Crippen LogP contribution >= 0.6 is 0 Å². The second-order valence-electron chi connectivity index (χ2n) is 7.46. The second-order valence-corrected chi connectivity index (χ2v) is 7.46. The Balaban J connectivity index is 1.20. The average molecular weight is 384 g/mol. The van der Waals surface area contributed by atoms with E-state index in [-0.39, 0.29) is 0 Å². The third-order valence-electron chi connectivity index (χ3n) is 5.12. The molecule has 2 N–H and O–H groups in total. The third kappa shape index (κ3) is 7.70. The summed E-state index contributed by atoms with van der Waals surface area (Å²) < 4.78 is 5.58. The quantitative estimate of drug-likeness (QED) is 0.581. The Labute approximate surface area is 168 Å². The van der Waals surface area contributed by atoms with Gasteiger partial charge < -0.3 is 15.2 Å². The highest BCUT2D eigenvalue weighted by Gasteiger charge is 2.16. The van der Waals surface area contributed by atoms with Crippen molar-refractivity contribution in [2.75, 3.05) is 52.4 Å². The first-order valence-corrected chi connectivity index (χ1v) is 10.3. The van der Waals surface area contributed by atoms with Crippen LogP contribution < -0.4 is 5.32 Å². The van der Waals surface area contributed by atoms with Crippen molar-refractivity contribution in [2.24, 2.45) is 0 Å². The maximum absolute atomic E-state index is 10.0. The van der Waals surface area contributed by atoms with Crippen molar-refractivity contribution in [3.8, 4) is 0 Å². The molecule has 152 valence electrons. The van der Waals surface area contributed by atoms with E-state index >= 15 is 0 Å². The van der Waals surface area contributed by atoms with Crippen LogP contribution in [-0.2, 0) is 17.9 Å². The van der Waals surface area contributed by atoms with Crippen LogP contribution in [0.15, 0.2) is 60.7 Å². The van der Waals surface area contributed by atoms with Gasteiger partial charge in [0.2, 0.25) is 0 Å². The van der Waals surface area contributed by atoms with Gasteiger partial charge in [-0.3, -0.25) is 9.80 Å². The smallest absolute Gasteiger partial charge is 0.0897 e. The molecule has 2 aromatic carbocycles. The fourth-order valence-electron chi connectivity index (χ4n) is 3.46. The van der Waals surface area contributed by atoms with Gasteiger partial charge in [0.1, 0.15) is 0 Å². The van der Waals surface area contributed by atoms with Crippen molar-refractivity contribution in [3.63, 3.8) is 0 Å². The Morgan fingerprint density at radius 1 is 0.857 bits per heavy atom. The van der Waals surface area contributed by atoms with E-state index in [4.69, 9.17) is 4.74 Å². The molecule has 1 saturated heterocycles. The fourth-order valence-corrected chi connectivity index (χ4v) is 3.46. The number of aliphatic hydroxyl groups excluding tert-OH is 1. The lowest BCUT2D eigenvalue weighted by atomic mass is 10.2. The van der Waals surface area contributed by atoms with Gasteiger partial charge in [-0.25, -0.2) is 0 Å². The molecule has 5 heteroatoms. The van der Waals surface area contributed by atoms with Gasteiger partial charge in [0.05, 0.1) is 19.3 Å². The Hall–Kier alpha value is -1.76. The molecular weight excluding hydrogens is 350 g/mol. The molecule has 1 aliphatic heterocycles. The molecule has 0 aliphatic carbocycles. The Morgan fingerprint density at radius 2 is 1.46 bits per heavy atom. The Bertz CT molecular complexity index is 645. The van der Waals surface area contributed by atoms with Gasteiger partial charge in [0.15, 0.2) is 0 Å². The van der Waals surface area contributed by atoms with Crippen LogP contribution in [0.4, 0.5) is 0 Å². The molecule has 28 heavy (non-hydrogen) atoms. The third-order valence-corrected chi connectivity index (χ3v) is 5.12. The van der Waals surface area contributed by atoms with E-state index in [1.54, 1.807) is 0 Å². The summed E-state index contributed by atoms with van der Waals surface area (Å²) in [5.41, 5.74) is 2.52. The summed E-state index contributed by atoms with van der Waals surface area (Å²) in [6, 6.07) is 20.7. The second kappa shape index (κ2) is 11.9. The lowest BCUT2D eigenvalue weighted by molar-refractivity contribution is 0.0284. The van der Waals surface area contributed by atoms with E-state index in [2.05, 4.69) is 45.4 Å². The van der Waals surface area contributed by atoms with Crippen molar-refractivity contribution in [3.05, 3.63) is 71.8 Å². The molecule has 0 saturated carbocycles. The summed E-state index contributed by atoms with van der Waals surface area (Å²) in [6.07, 6.45) is -0.466. The van der Waals surface area contributed by atoms with Crippen LogP contribution in [0.1, 0.15) is 11.1 Å². The number of benzene rings is 2. The van der Waals surface area contributed by atoms with Crippen molar-refractivity contribution >= 4 is 0 Å². The molecule has 3 rings (SSSR count). The average Bonchev–Trinajstić information content (AvgIpc) is 2.74. The maximum atomic E-state index is 10.0. The fraction of sp³-hybridized carbons (Fsp3) is 0.478. The number of rotatable bonds is 11. The number of piperazine rings is 1. The van der Waals surface area contributed by atoms with Crippen LogP contribution in [0.3, 0.4) is 0 Å². The summed E-state index contributed by atoms with van der Waals surface area (Å²) in [6.45, 7) is 8.89. The van der Waals surface area contributed by atoms with E-state index in [0.717, 1.165) is 51.4 Å². The number of hydrogen-bond acceptors (Lipinski definition) is 5. The predicted molar refractivity (Wildman–Crippen MR) is 113 cm³/mol. The van der Waals surface area contributed by atoms with E-state index in [9.17, 15) is 5.11 Å². The predicted octanol–water partition coefficient (Wildman–Crippen LogP) is 1.97. The molecule has 1 aliphatic rings. The van der Waals surface area contributed by atoms with Gasteiger partial charge >= 0.3 is 0 Å². The molecule has 1 atom stereocenters. The van der Waals surface area contributed by atoms with Gasteiger partial charge in [0, 0.05) is 52.4 Å². The highest BCUT2D eigenvalue weighted by atomic mass is 16.5. The number of ether oxygens (including phenoxy) is 1. The first-order chi connectivity index (χ1) is 13.8. The van der Waals surface area contributed by atoms with E-state index in [1.807, 2.05) is 30.3 Å². The molecule has 0 spiro atoms. The SMILES string of the molecule is O[C@@H](CNCCN1CCN(Cc2ccccc2)CC1)COCc1ccccc1. The monoisotopic (exact) mass is 383 g/mol. The molecule has 0 aromatic heterocycles. The zero-order chi connectivity index (χ0) is 19.4. The molecule has 5 nitrogen and oxygen atoms in total. The largest absolute Gasteiger partial charge is 0.389 e. The lowest BCUT2D eigenvalue weighted by Gasteiger charge is -2.34. The molecule has 0 unspecified atom stereocenters. The van der Waals surface area contributed by atoms with Crippen LogP contribution in [0.25, 0.3) is 0 Å². The van der Waals surface area contributed by atoms with Gasteiger partial charge in [-0.05, 0) is 11.1 Å². The summed E-state index contributed by atoms with van der Waals surface area (Å²) in [7, 11) is 0. The van der Waals surface area contributed by atoms with Crippen LogP contribution in [0.5, 0.6) is 0 Å². The normalized spacial score (nSPS) is 16.9. The summed E-state index contributed by atoms with van der Waals surface area (Å²) in [4.78, 5) is 5.01. The maximum Gasteiger partial charge on any atom is 0.0897 e. The molecule has 0 bridgehead atoms. The van der Waals surface area contributed by atoms with Crippen molar-refractivity contribution in [2.45, 2.75) is 19.3 Å². The number of hydrogen-bond donors (Lipinski definition) is 2. The summed E-state index contributed by atoms with van der Waals surface area (Å²) >= 11 is 0. The van der Waals surface area contributed by atoms with E-state index < -0.39 is 6.10 Å². The molecule has 0 radical (unpaired) electrons. The number of aliphatic hydroxyl groups is 1. The van der Waals surface area contributed by atoms with Crippen molar-refractivity contribution in [1.82, 2.24) is 15.1 Å². The minimum absolute atomic E-state index is 0.361. The topological polar surface area (TPSA) is 48.0 Å². The number of nitrogens with one attached hydrogen (secondary N) is 1. The minimum atomic E-state index is -0.466. The lowest BCUT2D eigenvalue weighted by Crippen LogP contribution is -2.48. The van der Waals surface area contributed by atoms with Crippen LogP contribution in [-0.4, -0.2) is 73.4 Å². The van der Waals surface area contributed by atoms with Gasteiger partial charge in [-0.1, -0.05) is 60.7 Å². The van der Waals surface area contributed by atoms with Crippen LogP contribution in [0, 0.1) is 0 Å². The number of nitrogens with zero attached hydrogens (tertiary/aromatic N) is 2. The molecule has 1 fully saturated rings. The Kier molecular flexibility index (Phi) is 8.94. The van der Waals surface area contributed by atoms with Gasteiger partial charge in [-0.15, -0.1) is 0 Å². The van der Waals surface area contributed by atoms with Crippen molar-refractivity contribution < 1.29 is 9.84 Å².